The zero-order chi connectivity index (χ0) is 18.5. The number of nitrogens with zero attached hydrogens (tertiary/aromatic N) is 3. The highest BCUT2D eigenvalue weighted by Gasteiger charge is 2.09. The Kier molecular flexibility index (Phi) is 5.89. The van der Waals surface area contributed by atoms with E-state index < -0.39 is 5.76 Å². The summed E-state index contributed by atoms with van der Waals surface area (Å²) < 4.78 is 26.4. The van der Waals surface area contributed by atoms with Crippen LogP contribution in [0.15, 0.2) is 69.8 Å². The molecule has 0 saturated carbocycles. The lowest BCUT2D eigenvalue weighted by molar-refractivity contribution is 0.102. The van der Waals surface area contributed by atoms with Crippen LogP contribution < -0.4 is 5.32 Å². The maximum Gasteiger partial charge on any atom is 0.288 e. The molecule has 134 valence electrons. The standard InChI is InChI=1S/C17H14F2N4OS2/c1-23-10-20-22-17(23)26-14-8-4-12(5-9-14)21-15(24)11-2-6-13(7-3-11)25-16(18)19/h2-10,16H,1H3,(H,21,24). The fraction of sp³-hybridized carbons (Fsp3) is 0.118. The van der Waals surface area contributed by atoms with Crippen molar-refractivity contribution in [2.24, 2.45) is 7.05 Å². The van der Waals surface area contributed by atoms with Gasteiger partial charge in [0, 0.05) is 28.1 Å². The minimum absolute atomic E-state index is 0.299. The maximum atomic E-state index is 12.3. The Balaban J connectivity index is 1.61. The van der Waals surface area contributed by atoms with E-state index in [0.29, 0.717) is 27.9 Å². The van der Waals surface area contributed by atoms with E-state index in [1.807, 2.05) is 23.7 Å². The van der Waals surface area contributed by atoms with E-state index >= 15 is 0 Å². The first-order valence-corrected chi connectivity index (χ1v) is 9.19. The Morgan fingerprint density at radius 2 is 1.73 bits per heavy atom. The lowest BCUT2D eigenvalue weighted by atomic mass is 10.2. The number of benzene rings is 2. The monoisotopic (exact) mass is 392 g/mol. The number of halogens is 2. The molecular formula is C17H14F2N4OS2. The predicted molar refractivity (Wildman–Crippen MR) is 97.8 cm³/mol. The summed E-state index contributed by atoms with van der Waals surface area (Å²) in [4.78, 5) is 13.6. The first-order chi connectivity index (χ1) is 12.5. The summed E-state index contributed by atoms with van der Waals surface area (Å²) in [6.45, 7) is 0. The van der Waals surface area contributed by atoms with Crippen LogP contribution in [-0.2, 0) is 7.05 Å². The molecule has 1 N–H and O–H groups in total. The molecule has 3 aromatic rings. The molecule has 0 atom stereocenters. The van der Waals surface area contributed by atoms with E-state index in [2.05, 4.69) is 15.5 Å². The minimum atomic E-state index is -2.48. The second-order valence-electron chi connectivity index (χ2n) is 5.21. The Hall–Kier alpha value is -2.39. The summed E-state index contributed by atoms with van der Waals surface area (Å²) in [5.74, 6) is -2.78. The molecule has 0 bridgehead atoms. The number of carbonyl (C=O) groups excluding carboxylic acids is 1. The van der Waals surface area contributed by atoms with Gasteiger partial charge in [0.1, 0.15) is 6.33 Å². The van der Waals surface area contributed by atoms with Crippen molar-refractivity contribution in [1.82, 2.24) is 14.8 Å². The zero-order valence-electron chi connectivity index (χ0n) is 13.6. The Bertz CT molecular complexity index is 883. The molecule has 5 nitrogen and oxygen atoms in total. The van der Waals surface area contributed by atoms with Gasteiger partial charge in [-0.1, -0.05) is 11.8 Å². The van der Waals surface area contributed by atoms with Crippen molar-refractivity contribution in [3.8, 4) is 0 Å². The number of rotatable bonds is 6. The van der Waals surface area contributed by atoms with Gasteiger partial charge in [-0.3, -0.25) is 4.79 Å². The molecule has 0 aliphatic rings. The molecule has 9 heteroatoms. The van der Waals surface area contributed by atoms with Gasteiger partial charge in [-0.2, -0.15) is 8.78 Å². The van der Waals surface area contributed by atoms with Crippen LogP contribution in [0.25, 0.3) is 0 Å². The Morgan fingerprint density at radius 3 is 2.31 bits per heavy atom. The molecular weight excluding hydrogens is 378 g/mol. The van der Waals surface area contributed by atoms with Gasteiger partial charge in [-0.25, -0.2) is 0 Å². The van der Waals surface area contributed by atoms with Crippen LogP contribution in [0.3, 0.4) is 0 Å². The van der Waals surface area contributed by atoms with Crippen molar-refractivity contribution >= 4 is 35.1 Å². The van der Waals surface area contributed by atoms with Crippen LogP contribution in [-0.4, -0.2) is 26.4 Å². The van der Waals surface area contributed by atoms with E-state index in [1.54, 1.807) is 18.5 Å². The number of aromatic nitrogens is 3. The highest BCUT2D eigenvalue weighted by atomic mass is 32.2. The van der Waals surface area contributed by atoms with Gasteiger partial charge in [0.25, 0.3) is 11.7 Å². The van der Waals surface area contributed by atoms with Crippen LogP contribution in [0.1, 0.15) is 10.4 Å². The summed E-state index contributed by atoms with van der Waals surface area (Å²) in [5, 5.41) is 11.4. The van der Waals surface area contributed by atoms with Crippen LogP contribution in [0, 0.1) is 0 Å². The van der Waals surface area contributed by atoms with E-state index in [9.17, 15) is 13.6 Å². The average molecular weight is 392 g/mol. The second-order valence-corrected chi connectivity index (χ2v) is 7.31. The molecule has 0 spiro atoms. The molecule has 1 aromatic heterocycles. The summed E-state index contributed by atoms with van der Waals surface area (Å²) >= 11 is 1.91. The SMILES string of the molecule is Cn1cnnc1Sc1ccc(NC(=O)c2ccc(SC(F)F)cc2)cc1. The molecule has 0 aliphatic carbocycles. The molecule has 3 rings (SSSR count). The summed E-state index contributed by atoms with van der Waals surface area (Å²) in [6, 6.07) is 13.4. The molecule has 26 heavy (non-hydrogen) atoms. The van der Waals surface area contributed by atoms with Crippen molar-refractivity contribution in [3.63, 3.8) is 0 Å². The highest BCUT2D eigenvalue weighted by Crippen LogP contribution is 2.27. The van der Waals surface area contributed by atoms with Gasteiger partial charge in [0.05, 0.1) is 0 Å². The number of thioether (sulfide) groups is 1. The topological polar surface area (TPSA) is 59.8 Å². The van der Waals surface area contributed by atoms with Crippen LogP contribution in [0.4, 0.5) is 14.5 Å². The third kappa shape index (κ3) is 4.83. The number of hydrogen-bond donors (Lipinski definition) is 1. The maximum absolute atomic E-state index is 12.3. The van der Waals surface area contributed by atoms with E-state index in [0.717, 1.165) is 10.1 Å². The predicted octanol–water partition coefficient (Wildman–Crippen LogP) is 4.53. The Morgan fingerprint density at radius 1 is 1.08 bits per heavy atom. The molecule has 2 aromatic carbocycles. The third-order valence-electron chi connectivity index (χ3n) is 3.33. The smallest absolute Gasteiger partial charge is 0.288 e. The lowest BCUT2D eigenvalue weighted by Crippen LogP contribution is -2.11. The van der Waals surface area contributed by atoms with E-state index in [-0.39, 0.29) is 5.91 Å². The number of alkyl halides is 2. The third-order valence-corrected chi connectivity index (χ3v) is 5.12. The van der Waals surface area contributed by atoms with E-state index in [1.165, 1.54) is 36.0 Å². The van der Waals surface area contributed by atoms with Gasteiger partial charge >= 0.3 is 0 Å². The molecule has 0 saturated heterocycles. The van der Waals surface area contributed by atoms with Gasteiger partial charge in [-0.05, 0) is 60.3 Å². The molecule has 1 heterocycles. The number of amides is 1. The van der Waals surface area contributed by atoms with Crippen molar-refractivity contribution in [1.29, 1.82) is 0 Å². The number of nitrogens with one attached hydrogen (secondary N) is 1. The number of anilines is 1. The van der Waals surface area contributed by atoms with Crippen LogP contribution in [0.2, 0.25) is 0 Å². The van der Waals surface area contributed by atoms with Gasteiger partial charge < -0.3 is 9.88 Å². The summed E-state index contributed by atoms with van der Waals surface area (Å²) in [7, 11) is 1.86. The number of hydrogen-bond acceptors (Lipinski definition) is 5. The fourth-order valence-corrected chi connectivity index (χ4v) is 3.33. The van der Waals surface area contributed by atoms with Gasteiger partial charge in [0.15, 0.2) is 5.16 Å². The van der Waals surface area contributed by atoms with Gasteiger partial charge in [0.2, 0.25) is 0 Å². The highest BCUT2D eigenvalue weighted by molar-refractivity contribution is 7.99. The number of carbonyl (C=O) groups is 1. The quantitative estimate of drug-likeness (QED) is 0.625. The fourth-order valence-electron chi connectivity index (χ4n) is 2.07. The first kappa shape index (κ1) is 18.4. The van der Waals surface area contributed by atoms with E-state index in [4.69, 9.17) is 0 Å². The van der Waals surface area contributed by atoms with Crippen molar-refractivity contribution in [2.45, 2.75) is 20.7 Å². The summed E-state index contributed by atoms with van der Waals surface area (Å²) in [5.41, 5.74) is 1.05. The molecule has 0 fully saturated rings. The Labute approximate surface area is 157 Å². The van der Waals surface area contributed by atoms with Gasteiger partial charge in [-0.15, -0.1) is 10.2 Å². The second kappa shape index (κ2) is 8.33. The molecule has 0 unspecified atom stereocenters. The zero-order valence-corrected chi connectivity index (χ0v) is 15.2. The van der Waals surface area contributed by atoms with Crippen LogP contribution in [0.5, 0.6) is 0 Å². The summed E-state index contributed by atoms with van der Waals surface area (Å²) in [6.07, 6.45) is 1.63. The largest absolute Gasteiger partial charge is 0.322 e. The number of aryl methyl sites for hydroxylation is 1. The van der Waals surface area contributed by atoms with Crippen LogP contribution >= 0.6 is 23.5 Å². The first-order valence-electron chi connectivity index (χ1n) is 7.49. The van der Waals surface area contributed by atoms with Crippen molar-refractivity contribution in [3.05, 3.63) is 60.4 Å². The van der Waals surface area contributed by atoms with Crippen molar-refractivity contribution < 1.29 is 13.6 Å². The average Bonchev–Trinajstić information content (AvgIpc) is 3.01. The lowest BCUT2D eigenvalue weighted by Gasteiger charge is -2.07. The molecule has 0 radical (unpaired) electrons. The molecule has 0 aliphatic heterocycles. The minimum Gasteiger partial charge on any atom is -0.322 e. The molecule has 1 amide bonds. The normalized spacial score (nSPS) is 10.9. The van der Waals surface area contributed by atoms with Crippen molar-refractivity contribution in [2.75, 3.05) is 5.32 Å².